The molecule has 0 saturated heterocycles. The van der Waals surface area contributed by atoms with E-state index in [0.717, 1.165) is 41.4 Å². The number of hydrogen-bond donors (Lipinski definition) is 3. The number of thioether (sulfide) groups is 1. The average Bonchev–Trinajstić information content (AvgIpc) is 2.98. The molecule has 0 aliphatic heterocycles. The van der Waals surface area contributed by atoms with E-state index in [9.17, 15) is 19.2 Å². The fourth-order valence-corrected chi connectivity index (χ4v) is 4.64. The van der Waals surface area contributed by atoms with Gasteiger partial charge in [0, 0.05) is 17.8 Å². The number of aromatic amines is 1. The van der Waals surface area contributed by atoms with Gasteiger partial charge in [0.05, 0.1) is 12.2 Å². The Balaban J connectivity index is 1.44. The topological polar surface area (TPSA) is 143 Å². The summed E-state index contributed by atoms with van der Waals surface area (Å²) in [5.74, 6) is -0.695. The summed E-state index contributed by atoms with van der Waals surface area (Å²) in [6.07, 6.45) is 1.73. The van der Waals surface area contributed by atoms with Crippen molar-refractivity contribution in [2.45, 2.75) is 70.4 Å². The smallest absolute Gasteiger partial charge is 0.306 e. The van der Waals surface area contributed by atoms with Gasteiger partial charge in [-0.2, -0.15) is 0 Å². The highest BCUT2D eigenvalue weighted by Gasteiger charge is 2.15. The van der Waals surface area contributed by atoms with Gasteiger partial charge in [0.15, 0.2) is 11.8 Å². The Morgan fingerprint density at radius 1 is 0.878 bits per heavy atom. The second-order valence-corrected chi connectivity index (χ2v) is 10.7. The van der Waals surface area contributed by atoms with Gasteiger partial charge in [-0.1, -0.05) is 75.9 Å². The van der Waals surface area contributed by atoms with Crippen molar-refractivity contribution in [1.82, 2.24) is 15.2 Å². The Kier molecular flexibility index (Phi) is 12.1. The molecule has 11 heteroatoms. The highest BCUT2D eigenvalue weighted by Crippen LogP contribution is 2.27. The molecule has 2 unspecified atom stereocenters. The zero-order valence-corrected chi connectivity index (χ0v) is 24.7. The number of H-pyrrole nitrogens is 1. The molecule has 2 aromatic carbocycles. The van der Waals surface area contributed by atoms with Crippen LogP contribution in [0.15, 0.2) is 58.5 Å². The van der Waals surface area contributed by atoms with Gasteiger partial charge in [0.25, 0.3) is 11.5 Å². The predicted molar refractivity (Wildman–Crippen MR) is 160 cm³/mol. The first-order valence-corrected chi connectivity index (χ1v) is 14.7. The maximum absolute atomic E-state index is 12.5. The summed E-state index contributed by atoms with van der Waals surface area (Å²) in [7, 11) is 0. The number of hydrogen-bond acceptors (Lipinski definition) is 8. The minimum atomic E-state index is -0.635. The molecule has 0 aliphatic carbocycles. The number of carbonyl (C=O) groups excluding carboxylic acids is 3. The fraction of sp³-hybridized carbons (Fsp3) is 0.400. The van der Waals surface area contributed by atoms with Crippen LogP contribution >= 0.6 is 11.8 Å². The highest BCUT2D eigenvalue weighted by molar-refractivity contribution is 7.99. The molecule has 218 valence electrons. The van der Waals surface area contributed by atoms with Crippen molar-refractivity contribution in [3.05, 3.63) is 75.7 Å². The van der Waals surface area contributed by atoms with Gasteiger partial charge in [0.1, 0.15) is 5.69 Å². The molecular weight excluding hydrogens is 542 g/mol. The van der Waals surface area contributed by atoms with E-state index in [-0.39, 0.29) is 41.3 Å². The maximum atomic E-state index is 12.5. The Morgan fingerprint density at radius 3 is 2.00 bits per heavy atom. The number of benzene rings is 2. The number of carbonyl (C=O) groups is 3. The molecule has 2 atom stereocenters. The van der Waals surface area contributed by atoms with Crippen LogP contribution in [0.25, 0.3) is 0 Å². The van der Waals surface area contributed by atoms with E-state index in [1.807, 2.05) is 48.5 Å². The van der Waals surface area contributed by atoms with Gasteiger partial charge in [-0.25, -0.2) is 0 Å². The normalized spacial score (nSPS) is 12.3. The second-order valence-electron chi connectivity index (χ2n) is 9.74. The van der Waals surface area contributed by atoms with E-state index >= 15 is 0 Å². The van der Waals surface area contributed by atoms with Crippen molar-refractivity contribution in [2.24, 2.45) is 0 Å². The van der Waals surface area contributed by atoms with E-state index in [0.29, 0.717) is 11.6 Å². The van der Waals surface area contributed by atoms with Crippen LogP contribution in [0.5, 0.6) is 0 Å². The molecule has 3 aromatic rings. The van der Waals surface area contributed by atoms with Crippen molar-refractivity contribution < 1.29 is 19.1 Å². The number of rotatable bonds is 14. The minimum Gasteiger partial charge on any atom is -0.456 e. The van der Waals surface area contributed by atoms with Crippen LogP contribution in [0, 0.1) is 0 Å². The van der Waals surface area contributed by atoms with Gasteiger partial charge in [-0.3, -0.25) is 24.2 Å². The van der Waals surface area contributed by atoms with Crippen LogP contribution in [-0.2, 0) is 25.5 Å². The Bertz CT molecular complexity index is 1410. The first-order chi connectivity index (χ1) is 19.7. The van der Waals surface area contributed by atoms with Gasteiger partial charge in [-0.15, -0.1) is 10.2 Å². The van der Waals surface area contributed by atoms with Gasteiger partial charge >= 0.3 is 5.97 Å². The number of amides is 2. The Labute approximate surface area is 244 Å². The molecule has 0 saturated carbocycles. The Hall–Kier alpha value is -3.99. The van der Waals surface area contributed by atoms with E-state index in [2.05, 4.69) is 53.5 Å². The van der Waals surface area contributed by atoms with Crippen LogP contribution in [-0.4, -0.2) is 45.3 Å². The molecular formula is C30H37N5O5S. The SMILES string of the molecule is CCC(C)c1ccccc1NC(=O)COC(=O)CCc1nnc(SCC(=O)Nc2ccccc2C(C)CC)[nH]c1=O. The van der Waals surface area contributed by atoms with Crippen molar-refractivity contribution >= 4 is 40.9 Å². The molecule has 41 heavy (non-hydrogen) atoms. The lowest BCUT2D eigenvalue weighted by atomic mass is 9.97. The van der Waals surface area contributed by atoms with Gasteiger partial charge < -0.3 is 15.4 Å². The maximum Gasteiger partial charge on any atom is 0.306 e. The number of ether oxygens (including phenoxy) is 1. The highest BCUT2D eigenvalue weighted by atomic mass is 32.2. The molecule has 0 bridgehead atoms. The molecule has 3 rings (SSSR count). The first kappa shape index (κ1) is 31.5. The molecule has 1 heterocycles. The molecule has 0 spiro atoms. The lowest BCUT2D eigenvalue weighted by Gasteiger charge is -2.15. The number of nitrogens with one attached hydrogen (secondary N) is 3. The third-order valence-corrected chi connectivity index (χ3v) is 7.63. The van der Waals surface area contributed by atoms with Gasteiger partial charge in [-0.05, 0) is 47.9 Å². The average molecular weight is 580 g/mol. The van der Waals surface area contributed by atoms with Crippen molar-refractivity contribution in [1.29, 1.82) is 0 Å². The van der Waals surface area contributed by atoms with Crippen molar-refractivity contribution in [3.8, 4) is 0 Å². The number of anilines is 2. The van der Waals surface area contributed by atoms with E-state index < -0.39 is 24.0 Å². The molecule has 0 aliphatic rings. The molecule has 0 fully saturated rings. The standard InChI is InChI=1S/C30H37N5O5S/c1-5-19(3)21-11-7-9-13-23(21)31-26(36)17-40-28(38)16-15-25-29(39)33-30(35-34-25)41-18-27(37)32-24-14-10-8-12-22(24)20(4)6-2/h7-14,19-20H,5-6,15-18H2,1-4H3,(H,31,36)(H,32,37)(H,33,35,39). The number of aryl methyl sites for hydroxylation is 1. The summed E-state index contributed by atoms with van der Waals surface area (Å²) in [6, 6.07) is 15.2. The number of aromatic nitrogens is 3. The fourth-order valence-electron chi connectivity index (χ4n) is 4.04. The zero-order valence-electron chi connectivity index (χ0n) is 23.9. The van der Waals surface area contributed by atoms with Crippen molar-refractivity contribution in [2.75, 3.05) is 23.0 Å². The molecule has 2 amide bonds. The summed E-state index contributed by atoms with van der Waals surface area (Å²) in [5.41, 5.74) is 3.10. The number of nitrogens with zero attached hydrogens (tertiary/aromatic N) is 2. The second kappa shape index (κ2) is 15.7. The summed E-state index contributed by atoms with van der Waals surface area (Å²) in [6.45, 7) is 7.91. The summed E-state index contributed by atoms with van der Waals surface area (Å²) < 4.78 is 5.07. The van der Waals surface area contributed by atoms with Crippen LogP contribution < -0.4 is 16.2 Å². The van der Waals surface area contributed by atoms with Crippen LogP contribution in [0.2, 0.25) is 0 Å². The first-order valence-electron chi connectivity index (χ1n) is 13.7. The molecule has 1 aromatic heterocycles. The Morgan fingerprint density at radius 2 is 1.44 bits per heavy atom. The minimum absolute atomic E-state index is 0.00252. The zero-order chi connectivity index (χ0) is 29.8. The van der Waals surface area contributed by atoms with E-state index in [1.54, 1.807) is 0 Å². The summed E-state index contributed by atoms with van der Waals surface area (Å²) in [4.78, 5) is 52.0. The lowest BCUT2D eigenvalue weighted by Crippen LogP contribution is -2.23. The third-order valence-electron chi connectivity index (χ3n) is 6.77. The third kappa shape index (κ3) is 9.56. The lowest BCUT2D eigenvalue weighted by molar-refractivity contribution is -0.147. The van der Waals surface area contributed by atoms with Crippen LogP contribution in [0.3, 0.4) is 0 Å². The number of para-hydroxylation sites is 2. The van der Waals surface area contributed by atoms with Gasteiger partial charge in [0.2, 0.25) is 5.91 Å². The largest absolute Gasteiger partial charge is 0.456 e. The van der Waals surface area contributed by atoms with Crippen molar-refractivity contribution in [3.63, 3.8) is 0 Å². The summed E-state index contributed by atoms with van der Waals surface area (Å²) >= 11 is 1.05. The van der Waals surface area contributed by atoms with Crippen LogP contribution in [0.4, 0.5) is 11.4 Å². The molecule has 0 radical (unpaired) electrons. The number of esters is 1. The predicted octanol–water partition coefficient (Wildman–Crippen LogP) is 5.04. The quantitative estimate of drug-likeness (QED) is 0.178. The van der Waals surface area contributed by atoms with Crippen LogP contribution in [0.1, 0.15) is 75.6 Å². The van der Waals surface area contributed by atoms with E-state index in [4.69, 9.17) is 4.74 Å². The molecule has 3 N–H and O–H groups in total. The molecule has 10 nitrogen and oxygen atoms in total. The monoisotopic (exact) mass is 579 g/mol. The van der Waals surface area contributed by atoms with E-state index in [1.165, 1.54) is 0 Å². The summed E-state index contributed by atoms with van der Waals surface area (Å²) in [5, 5.41) is 13.8.